The Morgan fingerprint density at radius 1 is 0.857 bits per heavy atom. The van der Waals surface area contributed by atoms with Crippen LogP contribution >= 0.6 is 15.9 Å². The van der Waals surface area contributed by atoms with Gasteiger partial charge < -0.3 is 30.7 Å². The molecule has 2 heterocycles. The van der Waals surface area contributed by atoms with Gasteiger partial charge in [-0.2, -0.15) is 0 Å². The number of carbonyl (C=O) groups excluding carboxylic acids is 3. The van der Waals surface area contributed by atoms with Crippen molar-refractivity contribution in [1.29, 1.82) is 0 Å². The number of aromatic nitrogens is 3. The Kier molecular flexibility index (Phi) is 10.7. The zero-order chi connectivity index (χ0) is 35.1. The van der Waals surface area contributed by atoms with E-state index >= 15 is 0 Å². The molecule has 5 aromatic rings. The number of carbonyl (C=O) groups is 3. The highest BCUT2D eigenvalue weighted by molar-refractivity contribution is 9.10. The summed E-state index contributed by atoms with van der Waals surface area (Å²) in [5, 5.41) is 12.1. The lowest BCUT2D eigenvalue weighted by Crippen LogP contribution is -2.37. The standard InChI is InChI=1S/C36H36BrN7O5/c1-21(2)28-16-15-27-32(43-28)39-20-40-33(27)44-29-18-22(34(46)42-25-9-7-23(37)8-10-25)6-17-30(29)48-26-13-11-24(12-14-26)41-31(45)19-38-35(47)49-36(3,4)5/h6-18,20-21H,19H2,1-5H3,(H,38,47)(H,41,45)(H,42,46)(H,39,40,43,44). The molecule has 252 valence electrons. The smallest absolute Gasteiger partial charge is 0.408 e. The van der Waals surface area contributed by atoms with Gasteiger partial charge in [-0.25, -0.2) is 19.7 Å². The molecule has 0 radical (unpaired) electrons. The van der Waals surface area contributed by atoms with Crippen LogP contribution in [0.25, 0.3) is 11.0 Å². The first-order valence-electron chi connectivity index (χ1n) is 15.5. The van der Waals surface area contributed by atoms with Gasteiger partial charge in [0.05, 0.1) is 11.1 Å². The Morgan fingerprint density at radius 2 is 1.55 bits per heavy atom. The first-order chi connectivity index (χ1) is 23.3. The first kappa shape index (κ1) is 34.8. The topological polar surface area (TPSA) is 156 Å². The molecule has 0 aliphatic carbocycles. The third-order valence-corrected chi connectivity index (χ3v) is 7.39. The molecule has 2 aromatic heterocycles. The van der Waals surface area contributed by atoms with Crippen LogP contribution in [0.1, 0.15) is 56.6 Å². The van der Waals surface area contributed by atoms with Crippen LogP contribution in [-0.4, -0.2) is 45.0 Å². The normalized spacial score (nSPS) is 11.2. The van der Waals surface area contributed by atoms with Crippen molar-refractivity contribution in [2.45, 2.75) is 46.1 Å². The second-order valence-corrected chi connectivity index (χ2v) is 13.2. The van der Waals surface area contributed by atoms with Crippen molar-refractivity contribution in [3.8, 4) is 11.5 Å². The number of anilines is 4. The van der Waals surface area contributed by atoms with E-state index in [1.165, 1.54) is 6.33 Å². The monoisotopic (exact) mass is 725 g/mol. The lowest BCUT2D eigenvalue weighted by molar-refractivity contribution is -0.115. The highest BCUT2D eigenvalue weighted by Crippen LogP contribution is 2.35. The van der Waals surface area contributed by atoms with Crippen molar-refractivity contribution in [3.63, 3.8) is 0 Å². The summed E-state index contributed by atoms with van der Waals surface area (Å²) in [5.41, 5.74) is 2.78. The van der Waals surface area contributed by atoms with Gasteiger partial charge in [0.2, 0.25) is 5.91 Å². The van der Waals surface area contributed by atoms with Crippen molar-refractivity contribution in [1.82, 2.24) is 20.3 Å². The molecule has 0 spiro atoms. The number of hydrogen-bond donors (Lipinski definition) is 4. The van der Waals surface area contributed by atoms with E-state index in [9.17, 15) is 14.4 Å². The van der Waals surface area contributed by atoms with Crippen LogP contribution in [0, 0.1) is 0 Å². The molecule has 3 amide bonds. The quantitative estimate of drug-likeness (QED) is 0.112. The molecule has 13 heteroatoms. The van der Waals surface area contributed by atoms with Gasteiger partial charge in [-0.15, -0.1) is 0 Å². The van der Waals surface area contributed by atoms with Gasteiger partial charge in [0.25, 0.3) is 5.91 Å². The van der Waals surface area contributed by atoms with E-state index < -0.39 is 17.6 Å². The molecule has 12 nitrogen and oxygen atoms in total. The van der Waals surface area contributed by atoms with Gasteiger partial charge in [-0.05, 0) is 106 Å². The Labute approximate surface area is 292 Å². The molecule has 0 saturated carbocycles. The number of fused-ring (bicyclic) bond motifs is 1. The molecule has 0 aliphatic heterocycles. The van der Waals surface area contributed by atoms with Gasteiger partial charge >= 0.3 is 6.09 Å². The van der Waals surface area contributed by atoms with E-state index in [0.29, 0.717) is 51.0 Å². The molecule has 3 aromatic carbocycles. The third kappa shape index (κ3) is 9.73. The van der Waals surface area contributed by atoms with Crippen LogP contribution in [-0.2, 0) is 9.53 Å². The van der Waals surface area contributed by atoms with E-state index in [-0.39, 0.29) is 18.4 Å². The molecule has 0 saturated heterocycles. The lowest BCUT2D eigenvalue weighted by atomic mass is 10.1. The predicted molar refractivity (Wildman–Crippen MR) is 193 cm³/mol. The third-order valence-electron chi connectivity index (χ3n) is 6.87. The summed E-state index contributed by atoms with van der Waals surface area (Å²) in [4.78, 5) is 51.0. The number of hydrogen-bond acceptors (Lipinski definition) is 9. The van der Waals surface area contributed by atoms with Crippen molar-refractivity contribution in [3.05, 3.63) is 101 Å². The summed E-state index contributed by atoms with van der Waals surface area (Å²) in [7, 11) is 0. The van der Waals surface area contributed by atoms with Crippen LogP contribution in [0.4, 0.5) is 27.7 Å². The van der Waals surface area contributed by atoms with Crippen LogP contribution in [0.15, 0.2) is 89.7 Å². The molecule has 4 N–H and O–H groups in total. The molecule has 0 atom stereocenters. The second kappa shape index (κ2) is 15.1. The zero-order valence-corrected chi connectivity index (χ0v) is 29.2. The second-order valence-electron chi connectivity index (χ2n) is 12.3. The highest BCUT2D eigenvalue weighted by atomic mass is 79.9. The molecule has 0 unspecified atom stereocenters. The van der Waals surface area contributed by atoms with Crippen molar-refractivity contribution in [2.75, 3.05) is 22.5 Å². The fourth-order valence-electron chi connectivity index (χ4n) is 4.51. The Morgan fingerprint density at radius 3 is 2.24 bits per heavy atom. The molecule has 49 heavy (non-hydrogen) atoms. The minimum absolute atomic E-state index is 0.227. The fraction of sp³-hybridized carbons (Fsp3) is 0.222. The summed E-state index contributed by atoms with van der Waals surface area (Å²) in [6, 6.07) is 22.9. The van der Waals surface area contributed by atoms with Crippen molar-refractivity contribution < 1.29 is 23.9 Å². The Balaban J connectivity index is 1.36. The van der Waals surface area contributed by atoms with Gasteiger partial charge in [0, 0.05) is 27.1 Å². The molecule has 5 rings (SSSR count). The number of alkyl carbamates (subject to hydrolysis) is 1. The van der Waals surface area contributed by atoms with E-state index in [2.05, 4.69) is 66.0 Å². The average molecular weight is 727 g/mol. The molecule has 0 aliphatic rings. The first-order valence-corrected chi connectivity index (χ1v) is 16.3. The number of ether oxygens (including phenoxy) is 2. The molecular weight excluding hydrogens is 690 g/mol. The Hall–Kier alpha value is -5.56. The number of amides is 3. The molecule has 0 fully saturated rings. The minimum Gasteiger partial charge on any atom is -0.455 e. The average Bonchev–Trinajstić information content (AvgIpc) is 3.05. The molecule has 0 bridgehead atoms. The summed E-state index contributed by atoms with van der Waals surface area (Å²) in [6.07, 6.45) is 0.752. The maximum absolute atomic E-state index is 13.3. The minimum atomic E-state index is -0.681. The largest absolute Gasteiger partial charge is 0.455 e. The summed E-state index contributed by atoms with van der Waals surface area (Å²) >= 11 is 3.41. The number of nitrogens with zero attached hydrogens (tertiary/aromatic N) is 3. The number of nitrogens with one attached hydrogen (secondary N) is 4. The number of pyridine rings is 1. The lowest BCUT2D eigenvalue weighted by Gasteiger charge is -2.19. The van der Waals surface area contributed by atoms with Gasteiger partial charge in [-0.1, -0.05) is 29.8 Å². The number of rotatable bonds is 10. The van der Waals surface area contributed by atoms with Crippen LogP contribution < -0.4 is 26.0 Å². The van der Waals surface area contributed by atoms with Gasteiger partial charge in [0.1, 0.15) is 30.0 Å². The maximum Gasteiger partial charge on any atom is 0.408 e. The predicted octanol–water partition coefficient (Wildman–Crippen LogP) is 8.16. The van der Waals surface area contributed by atoms with Crippen LogP contribution in [0.2, 0.25) is 0 Å². The summed E-state index contributed by atoms with van der Waals surface area (Å²) in [6.45, 7) is 9.09. The summed E-state index contributed by atoms with van der Waals surface area (Å²) < 4.78 is 12.3. The van der Waals surface area contributed by atoms with E-state index in [4.69, 9.17) is 9.47 Å². The number of halogens is 1. The fourth-order valence-corrected chi connectivity index (χ4v) is 4.77. The van der Waals surface area contributed by atoms with Crippen LogP contribution in [0.5, 0.6) is 11.5 Å². The van der Waals surface area contributed by atoms with Crippen LogP contribution in [0.3, 0.4) is 0 Å². The highest BCUT2D eigenvalue weighted by Gasteiger charge is 2.18. The van der Waals surface area contributed by atoms with E-state index in [1.807, 2.05) is 24.3 Å². The zero-order valence-electron chi connectivity index (χ0n) is 27.6. The van der Waals surface area contributed by atoms with Crippen molar-refractivity contribution in [2.24, 2.45) is 0 Å². The maximum atomic E-state index is 13.3. The SMILES string of the molecule is CC(C)c1ccc2c(Nc3cc(C(=O)Nc4ccc(Br)cc4)ccc3Oc3ccc(NC(=O)CNC(=O)OC(C)(C)C)cc3)ncnc2n1. The number of benzene rings is 3. The van der Waals surface area contributed by atoms with E-state index in [0.717, 1.165) is 10.2 Å². The van der Waals surface area contributed by atoms with Crippen molar-refractivity contribution >= 4 is 67.8 Å². The molecular formula is C36H36BrN7O5. The van der Waals surface area contributed by atoms with E-state index in [1.54, 1.807) is 75.4 Å². The summed E-state index contributed by atoms with van der Waals surface area (Å²) in [5.74, 6) is 0.864. The van der Waals surface area contributed by atoms with Gasteiger partial charge in [0.15, 0.2) is 11.4 Å². The van der Waals surface area contributed by atoms with Gasteiger partial charge in [-0.3, -0.25) is 9.59 Å². The Bertz CT molecular complexity index is 1980.